The Morgan fingerprint density at radius 2 is 1.92 bits per heavy atom. The Balaban J connectivity index is 1.29. The fourth-order valence-electron chi connectivity index (χ4n) is 4.27. The van der Waals surface area contributed by atoms with Crippen LogP contribution in [0.15, 0.2) is 30.9 Å². The molecule has 140 valence electrons. The summed E-state index contributed by atoms with van der Waals surface area (Å²) in [6.45, 7) is 7.95. The van der Waals surface area contributed by atoms with E-state index in [-0.39, 0.29) is 0 Å². The van der Waals surface area contributed by atoms with Crippen LogP contribution in [0.2, 0.25) is 0 Å². The van der Waals surface area contributed by atoms with Gasteiger partial charge in [0.25, 0.3) is 0 Å². The summed E-state index contributed by atoms with van der Waals surface area (Å²) in [6, 6.07) is 4.84. The zero-order chi connectivity index (χ0) is 17.8. The lowest BCUT2D eigenvalue weighted by Gasteiger charge is -2.36. The third-order valence-corrected chi connectivity index (χ3v) is 6.01. The van der Waals surface area contributed by atoms with Crippen molar-refractivity contribution < 1.29 is 0 Å². The largest absolute Gasteiger partial charge is 0.357 e. The fourth-order valence-corrected chi connectivity index (χ4v) is 4.27. The molecule has 0 radical (unpaired) electrons. The second-order valence-corrected chi connectivity index (χ2v) is 7.71. The van der Waals surface area contributed by atoms with Crippen molar-refractivity contribution in [3.8, 4) is 0 Å². The van der Waals surface area contributed by atoms with Crippen molar-refractivity contribution in [2.75, 3.05) is 31.1 Å². The molecule has 4 heterocycles. The van der Waals surface area contributed by atoms with Gasteiger partial charge in [-0.15, -0.1) is 0 Å². The number of aromatic nitrogens is 4. The zero-order valence-electron chi connectivity index (χ0n) is 15.8. The average molecular weight is 355 g/mol. The number of rotatable bonds is 6. The Morgan fingerprint density at radius 3 is 2.65 bits per heavy atom. The van der Waals surface area contributed by atoms with Crippen molar-refractivity contribution in [3.63, 3.8) is 0 Å². The second kappa shape index (κ2) is 8.16. The summed E-state index contributed by atoms with van der Waals surface area (Å²) in [5, 5.41) is 4.31. The minimum Gasteiger partial charge on any atom is -0.357 e. The number of nitrogens with zero attached hydrogens (tertiary/aromatic N) is 6. The minimum atomic E-state index is 0.578. The molecule has 26 heavy (non-hydrogen) atoms. The molecule has 6 nitrogen and oxygen atoms in total. The van der Waals surface area contributed by atoms with Gasteiger partial charge in [0.2, 0.25) is 0 Å². The zero-order valence-corrected chi connectivity index (χ0v) is 15.8. The SMILES string of the molecule is C[C@@H](CCn1cccn1)N1CCC(c2cc(N3CCCC3)ncn2)CC1. The van der Waals surface area contributed by atoms with Crippen molar-refractivity contribution in [1.82, 2.24) is 24.6 Å². The van der Waals surface area contributed by atoms with Crippen LogP contribution in [0.1, 0.15) is 50.6 Å². The number of aryl methyl sites for hydroxylation is 1. The van der Waals surface area contributed by atoms with Gasteiger partial charge < -0.3 is 9.80 Å². The van der Waals surface area contributed by atoms with E-state index in [1.165, 1.54) is 31.4 Å². The summed E-state index contributed by atoms with van der Waals surface area (Å²) < 4.78 is 2.03. The van der Waals surface area contributed by atoms with Crippen LogP contribution in [-0.2, 0) is 6.54 Å². The summed E-state index contributed by atoms with van der Waals surface area (Å²) in [4.78, 5) is 14.1. The highest BCUT2D eigenvalue weighted by molar-refractivity contribution is 5.40. The maximum atomic E-state index is 4.61. The van der Waals surface area contributed by atoms with Gasteiger partial charge in [-0.2, -0.15) is 5.10 Å². The highest BCUT2D eigenvalue weighted by atomic mass is 15.3. The molecule has 2 aromatic rings. The summed E-state index contributed by atoms with van der Waals surface area (Å²) in [6.07, 6.45) is 11.8. The van der Waals surface area contributed by atoms with Gasteiger partial charge in [0.05, 0.1) is 0 Å². The van der Waals surface area contributed by atoms with Gasteiger partial charge in [-0.05, 0) is 58.2 Å². The smallest absolute Gasteiger partial charge is 0.132 e. The van der Waals surface area contributed by atoms with Crippen LogP contribution in [0.4, 0.5) is 5.82 Å². The summed E-state index contributed by atoms with van der Waals surface area (Å²) in [5.74, 6) is 1.71. The molecule has 0 aromatic carbocycles. The van der Waals surface area contributed by atoms with E-state index in [0.29, 0.717) is 12.0 Å². The average Bonchev–Trinajstić information content (AvgIpc) is 3.40. The van der Waals surface area contributed by atoms with Crippen LogP contribution >= 0.6 is 0 Å². The normalized spacial score (nSPS) is 20.6. The molecule has 2 fully saturated rings. The van der Waals surface area contributed by atoms with Gasteiger partial charge in [-0.25, -0.2) is 9.97 Å². The highest BCUT2D eigenvalue weighted by Crippen LogP contribution is 2.30. The Morgan fingerprint density at radius 1 is 1.12 bits per heavy atom. The van der Waals surface area contributed by atoms with Crippen LogP contribution in [0.5, 0.6) is 0 Å². The lowest BCUT2D eigenvalue weighted by atomic mass is 9.92. The molecule has 0 aliphatic carbocycles. The third-order valence-electron chi connectivity index (χ3n) is 6.01. The van der Waals surface area contributed by atoms with Crippen molar-refractivity contribution in [2.24, 2.45) is 0 Å². The van der Waals surface area contributed by atoms with Crippen molar-refractivity contribution in [2.45, 2.75) is 57.5 Å². The number of hydrogen-bond acceptors (Lipinski definition) is 5. The number of likely N-dealkylation sites (tertiary alicyclic amines) is 1. The molecular formula is C20H30N6. The van der Waals surface area contributed by atoms with Gasteiger partial charge in [-0.3, -0.25) is 4.68 Å². The van der Waals surface area contributed by atoms with E-state index in [2.05, 4.69) is 37.9 Å². The molecule has 0 unspecified atom stereocenters. The Bertz CT molecular complexity index is 671. The molecule has 6 heteroatoms. The number of piperidine rings is 1. The first kappa shape index (κ1) is 17.5. The van der Waals surface area contributed by atoms with E-state index in [1.807, 2.05) is 23.1 Å². The fraction of sp³-hybridized carbons (Fsp3) is 0.650. The van der Waals surface area contributed by atoms with Gasteiger partial charge in [-0.1, -0.05) is 0 Å². The quantitative estimate of drug-likeness (QED) is 0.798. The van der Waals surface area contributed by atoms with Crippen molar-refractivity contribution in [1.29, 1.82) is 0 Å². The molecule has 2 aliphatic heterocycles. The van der Waals surface area contributed by atoms with Crippen LogP contribution < -0.4 is 4.90 Å². The van der Waals surface area contributed by atoms with Crippen LogP contribution in [0.25, 0.3) is 0 Å². The summed E-state index contributed by atoms with van der Waals surface area (Å²) in [7, 11) is 0. The molecule has 0 spiro atoms. The van der Waals surface area contributed by atoms with Crippen LogP contribution in [-0.4, -0.2) is 56.9 Å². The molecule has 0 saturated carbocycles. The Labute approximate surface area is 156 Å². The summed E-state index contributed by atoms with van der Waals surface area (Å²) >= 11 is 0. The molecule has 0 N–H and O–H groups in total. The third kappa shape index (κ3) is 4.06. The maximum Gasteiger partial charge on any atom is 0.132 e. The van der Waals surface area contributed by atoms with Crippen molar-refractivity contribution in [3.05, 3.63) is 36.5 Å². The highest BCUT2D eigenvalue weighted by Gasteiger charge is 2.25. The van der Waals surface area contributed by atoms with E-state index < -0.39 is 0 Å². The molecule has 4 rings (SSSR count). The van der Waals surface area contributed by atoms with Gasteiger partial charge in [0.1, 0.15) is 12.1 Å². The lowest BCUT2D eigenvalue weighted by Crippen LogP contribution is -2.40. The van der Waals surface area contributed by atoms with Gasteiger partial charge in [0.15, 0.2) is 0 Å². The first-order chi connectivity index (χ1) is 12.8. The monoisotopic (exact) mass is 354 g/mol. The molecule has 0 amide bonds. The maximum absolute atomic E-state index is 4.61. The predicted octanol–water partition coefficient (Wildman–Crippen LogP) is 2.93. The van der Waals surface area contributed by atoms with Gasteiger partial charge in [0, 0.05) is 55.7 Å². The standard InChI is InChI=1S/C20H30N6/c1-17(5-14-26-11-4-8-23-26)24-12-6-18(7-13-24)19-15-20(22-16-21-19)25-9-2-3-10-25/h4,8,11,15-18H,2-3,5-7,9-10,12-14H2,1H3/t17-/m0/s1. The van der Waals surface area contributed by atoms with E-state index in [1.54, 1.807) is 6.33 Å². The molecular weight excluding hydrogens is 324 g/mol. The summed E-state index contributed by atoms with van der Waals surface area (Å²) in [5.41, 5.74) is 1.24. The lowest BCUT2D eigenvalue weighted by molar-refractivity contribution is 0.149. The topological polar surface area (TPSA) is 50.1 Å². The minimum absolute atomic E-state index is 0.578. The molecule has 2 saturated heterocycles. The second-order valence-electron chi connectivity index (χ2n) is 7.71. The first-order valence-corrected chi connectivity index (χ1v) is 10.1. The van der Waals surface area contributed by atoms with Crippen LogP contribution in [0.3, 0.4) is 0 Å². The molecule has 0 bridgehead atoms. The predicted molar refractivity (Wildman–Crippen MR) is 103 cm³/mol. The van der Waals surface area contributed by atoms with E-state index in [0.717, 1.165) is 45.0 Å². The molecule has 2 aliphatic rings. The molecule has 1 atom stereocenters. The van der Waals surface area contributed by atoms with E-state index in [9.17, 15) is 0 Å². The Hall–Kier alpha value is -1.95. The first-order valence-electron chi connectivity index (χ1n) is 10.1. The molecule has 2 aromatic heterocycles. The number of anilines is 1. The van der Waals surface area contributed by atoms with E-state index >= 15 is 0 Å². The van der Waals surface area contributed by atoms with Gasteiger partial charge >= 0.3 is 0 Å². The van der Waals surface area contributed by atoms with Crippen LogP contribution in [0, 0.1) is 0 Å². The Kier molecular flexibility index (Phi) is 5.48. The van der Waals surface area contributed by atoms with Crippen molar-refractivity contribution >= 4 is 5.82 Å². The number of hydrogen-bond donors (Lipinski definition) is 0. The van der Waals surface area contributed by atoms with E-state index in [4.69, 9.17) is 0 Å².